The van der Waals surface area contributed by atoms with Gasteiger partial charge in [-0.15, -0.1) is 0 Å². The van der Waals surface area contributed by atoms with Crippen LogP contribution in [-0.4, -0.2) is 22.3 Å². The van der Waals surface area contributed by atoms with E-state index >= 15 is 0 Å². The Hall–Kier alpha value is -1.74. The van der Waals surface area contributed by atoms with Gasteiger partial charge in [-0.25, -0.2) is 0 Å². The van der Waals surface area contributed by atoms with Crippen LogP contribution in [0.15, 0.2) is 48.5 Å². The summed E-state index contributed by atoms with van der Waals surface area (Å²) in [5.41, 5.74) is 0. The van der Waals surface area contributed by atoms with Gasteiger partial charge in [0.15, 0.2) is 0 Å². The molecule has 2 rings (SSSR count). The first-order valence-corrected chi connectivity index (χ1v) is 9.90. The van der Waals surface area contributed by atoms with Crippen molar-refractivity contribution in [2.24, 2.45) is 0 Å². The van der Waals surface area contributed by atoms with E-state index in [1.807, 2.05) is 0 Å². The maximum absolute atomic E-state index is 5.28. The summed E-state index contributed by atoms with van der Waals surface area (Å²) in [5, 5.41) is 2.94. The highest BCUT2D eigenvalue weighted by molar-refractivity contribution is 7.02. The molecule has 0 aliphatic rings. The molecule has 0 bridgehead atoms. The number of hydrogen-bond donors (Lipinski definition) is 0. The molecule has 0 N–H and O–H groups in total. The highest BCUT2D eigenvalue weighted by Gasteiger charge is 2.33. The molecule has 3 heteroatoms. The van der Waals surface area contributed by atoms with E-state index < -0.39 is 8.07 Å². The second-order valence-corrected chi connectivity index (χ2v) is 9.98. The fraction of sp³-hybridized carbons (Fsp3) is 0.333. The van der Waals surface area contributed by atoms with E-state index in [2.05, 4.69) is 62.4 Å². The smallest absolute Gasteiger partial charge is 0.118 e. The highest BCUT2D eigenvalue weighted by atomic mass is 28.3. The number of rotatable bonds is 6. The van der Waals surface area contributed by atoms with E-state index in [0.29, 0.717) is 0 Å². The first-order chi connectivity index (χ1) is 10.2. The molecule has 0 aliphatic heterocycles. The van der Waals surface area contributed by atoms with E-state index in [1.165, 1.54) is 22.5 Å². The Morgan fingerprint density at radius 2 is 1.00 bits per heavy atom. The largest absolute Gasteiger partial charge is 0.497 e. The molecule has 0 saturated heterocycles. The number of hydrogen-bond acceptors (Lipinski definition) is 2. The third-order valence-corrected chi connectivity index (χ3v) is 9.78. The van der Waals surface area contributed by atoms with Crippen molar-refractivity contribution in [3.8, 4) is 11.5 Å². The second-order valence-electron chi connectivity index (χ2n) is 5.25. The molecule has 0 aromatic heterocycles. The minimum atomic E-state index is -1.68. The van der Waals surface area contributed by atoms with Crippen molar-refractivity contribution in [2.45, 2.75) is 25.9 Å². The van der Waals surface area contributed by atoms with Gasteiger partial charge in [0.2, 0.25) is 0 Å². The van der Waals surface area contributed by atoms with Gasteiger partial charge in [0, 0.05) is 0 Å². The Morgan fingerprint density at radius 1 is 0.667 bits per heavy atom. The van der Waals surface area contributed by atoms with Gasteiger partial charge in [0.05, 0.1) is 14.2 Å². The molecule has 112 valence electrons. The van der Waals surface area contributed by atoms with Crippen LogP contribution in [0.1, 0.15) is 13.8 Å². The molecule has 0 unspecified atom stereocenters. The minimum Gasteiger partial charge on any atom is -0.497 e. The normalized spacial score (nSPS) is 11.2. The van der Waals surface area contributed by atoms with Crippen LogP contribution in [0.4, 0.5) is 0 Å². The molecule has 2 aromatic carbocycles. The van der Waals surface area contributed by atoms with Gasteiger partial charge < -0.3 is 9.47 Å². The fourth-order valence-electron chi connectivity index (χ4n) is 3.05. The molecule has 21 heavy (non-hydrogen) atoms. The Morgan fingerprint density at radius 3 is 1.24 bits per heavy atom. The zero-order valence-electron chi connectivity index (χ0n) is 13.3. The predicted molar refractivity (Wildman–Crippen MR) is 92.0 cm³/mol. The summed E-state index contributed by atoms with van der Waals surface area (Å²) in [6.45, 7) is 4.62. The quantitative estimate of drug-likeness (QED) is 0.762. The van der Waals surface area contributed by atoms with Crippen LogP contribution in [0.5, 0.6) is 11.5 Å². The van der Waals surface area contributed by atoms with Gasteiger partial charge in [0.1, 0.15) is 19.6 Å². The van der Waals surface area contributed by atoms with E-state index in [1.54, 1.807) is 14.2 Å². The molecule has 0 fully saturated rings. The summed E-state index contributed by atoms with van der Waals surface area (Å²) < 4.78 is 10.6. The summed E-state index contributed by atoms with van der Waals surface area (Å²) in [7, 11) is 1.74. The van der Waals surface area contributed by atoms with E-state index in [4.69, 9.17) is 9.47 Å². The second kappa shape index (κ2) is 6.81. The summed E-state index contributed by atoms with van der Waals surface area (Å²) in [5.74, 6) is 1.84. The maximum Gasteiger partial charge on any atom is 0.118 e. The number of ether oxygens (including phenoxy) is 2. The van der Waals surface area contributed by atoms with Crippen LogP contribution in [0.3, 0.4) is 0 Å². The predicted octanol–water partition coefficient (Wildman–Crippen LogP) is 3.31. The molecule has 2 aromatic rings. The number of methoxy groups -OCH3 is 2. The Balaban J connectivity index is 2.46. The Bertz CT molecular complexity index is 507. The van der Waals surface area contributed by atoms with Gasteiger partial charge in [-0.2, -0.15) is 0 Å². The lowest BCUT2D eigenvalue weighted by Gasteiger charge is -2.31. The topological polar surface area (TPSA) is 18.5 Å². The van der Waals surface area contributed by atoms with Crippen LogP contribution in [0.2, 0.25) is 12.1 Å². The minimum absolute atomic E-state index is 0.920. The van der Waals surface area contributed by atoms with Crippen molar-refractivity contribution in [1.29, 1.82) is 0 Å². The van der Waals surface area contributed by atoms with Crippen LogP contribution < -0.4 is 19.8 Å². The molecule has 0 atom stereocenters. The van der Waals surface area contributed by atoms with Gasteiger partial charge in [-0.05, 0) is 24.3 Å². The van der Waals surface area contributed by atoms with Crippen molar-refractivity contribution >= 4 is 18.4 Å². The lowest BCUT2D eigenvalue weighted by molar-refractivity contribution is 0.415. The molecular weight excluding hydrogens is 276 g/mol. The molecular formula is C18H24O2Si. The lowest BCUT2D eigenvalue weighted by atomic mass is 10.3. The zero-order valence-corrected chi connectivity index (χ0v) is 14.3. The third kappa shape index (κ3) is 2.98. The van der Waals surface area contributed by atoms with Crippen LogP contribution in [-0.2, 0) is 0 Å². The fourth-order valence-corrected chi connectivity index (χ4v) is 7.13. The standard InChI is InChI=1S/C18H24O2Si/c1-5-21(6-2,17-11-7-15(19-3)8-12-17)18-13-9-16(20-4)10-14-18/h7-14H,5-6H2,1-4H3. The summed E-state index contributed by atoms with van der Waals surface area (Å²) in [6.07, 6.45) is 0. The monoisotopic (exact) mass is 300 g/mol. The summed E-state index contributed by atoms with van der Waals surface area (Å²) in [6, 6.07) is 19.6. The molecule has 0 saturated carbocycles. The maximum atomic E-state index is 5.28. The van der Waals surface area contributed by atoms with Crippen molar-refractivity contribution in [1.82, 2.24) is 0 Å². The average Bonchev–Trinajstić information content (AvgIpc) is 2.57. The molecule has 0 radical (unpaired) electrons. The molecule has 0 spiro atoms. The highest BCUT2D eigenvalue weighted by Crippen LogP contribution is 2.19. The van der Waals surface area contributed by atoms with Crippen molar-refractivity contribution < 1.29 is 9.47 Å². The van der Waals surface area contributed by atoms with E-state index in [9.17, 15) is 0 Å². The first-order valence-electron chi connectivity index (χ1n) is 7.49. The lowest BCUT2D eigenvalue weighted by Crippen LogP contribution is -2.57. The van der Waals surface area contributed by atoms with Gasteiger partial charge in [0.25, 0.3) is 0 Å². The SMILES string of the molecule is CC[Si](CC)(c1ccc(OC)cc1)c1ccc(OC)cc1. The Kier molecular flexibility index (Phi) is 5.07. The molecule has 2 nitrogen and oxygen atoms in total. The number of benzene rings is 2. The first kappa shape index (κ1) is 15.6. The van der Waals surface area contributed by atoms with Crippen LogP contribution in [0, 0.1) is 0 Å². The van der Waals surface area contributed by atoms with Crippen molar-refractivity contribution in [2.75, 3.05) is 14.2 Å². The molecule has 0 aliphatic carbocycles. The summed E-state index contributed by atoms with van der Waals surface area (Å²) in [4.78, 5) is 0. The zero-order chi connectivity index (χ0) is 15.3. The van der Waals surface area contributed by atoms with Crippen molar-refractivity contribution in [3.05, 3.63) is 48.5 Å². The van der Waals surface area contributed by atoms with E-state index in [0.717, 1.165) is 11.5 Å². The van der Waals surface area contributed by atoms with Crippen LogP contribution >= 0.6 is 0 Å². The summed E-state index contributed by atoms with van der Waals surface area (Å²) >= 11 is 0. The molecule has 0 heterocycles. The molecule has 0 amide bonds. The van der Waals surface area contributed by atoms with Gasteiger partial charge >= 0.3 is 0 Å². The van der Waals surface area contributed by atoms with Gasteiger partial charge in [-0.3, -0.25) is 0 Å². The van der Waals surface area contributed by atoms with Crippen molar-refractivity contribution in [3.63, 3.8) is 0 Å². The average molecular weight is 300 g/mol. The van der Waals surface area contributed by atoms with Crippen LogP contribution in [0.25, 0.3) is 0 Å². The Labute approximate surface area is 128 Å². The van der Waals surface area contributed by atoms with E-state index in [-0.39, 0.29) is 0 Å². The van der Waals surface area contributed by atoms with Gasteiger partial charge in [-0.1, -0.05) is 60.6 Å². The third-order valence-electron chi connectivity index (χ3n) is 4.49.